The number of nitrogens with zero attached hydrogens (tertiary/aromatic N) is 4. The molecule has 0 radical (unpaired) electrons. The molecule has 1 aliphatic carbocycles. The summed E-state index contributed by atoms with van der Waals surface area (Å²) in [7, 11) is -3.76. The number of sulfonamides is 1. The van der Waals surface area contributed by atoms with Crippen molar-refractivity contribution in [1.29, 1.82) is 0 Å². The maximum Gasteiger partial charge on any atom is 0.269 e. The second-order valence-corrected chi connectivity index (χ2v) is 10.1. The van der Waals surface area contributed by atoms with Crippen LogP contribution in [0.25, 0.3) is 0 Å². The van der Waals surface area contributed by atoms with E-state index in [1.165, 1.54) is 33.5 Å². The summed E-state index contributed by atoms with van der Waals surface area (Å²) >= 11 is 0. The number of imide groups is 1. The van der Waals surface area contributed by atoms with E-state index in [4.69, 9.17) is 0 Å². The number of carbonyl (C=O) groups excluding carboxylic acids is 2. The predicted molar refractivity (Wildman–Crippen MR) is 106 cm³/mol. The maximum absolute atomic E-state index is 12.8. The van der Waals surface area contributed by atoms with E-state index in [-0.39, 0.29) is 42.2 Å². The number of rotatable bonds is 5. The summed E-state index contributed by atoms with van der Waals surface area (Å²) in [5.74, 6) is -0.214. The van der Waals surface area contributed by atoms with E-state index in [2.05, 4.69) is 0 Å². The molecular formula is C19H24N4O6S. The van der Waals surface area contributed by atoms with Gasteiger partial charge in [-0.2, -0.15) is 4.31 Å². The van der Waals surface area contributed by atoms with Gasteiger partial charge in [-0.3, -0.25) is 29.5 Å². The molecule has 0 unspecified atom stereocenters. The number of piperazine rings is 1. The second kappa shape index (κ2) is 7.71. The Morgan fingerprint density at radius 2 is 1.60 bits per heavy atom. The van der Waals surface area contributed by atoms with Gasteiger partial charge in [-0.1, -0.05) is 12.8 Å². The van der Waals surface area contributed by atoms with Crippen molar-refractivity contribution < 1.29 is 22.9 Å². The highest BCUT2D eigenvalue weighted by Gasteiger charge is 2.52. The molecule has 3 aliphatic rings. The Morgan fingerprint density at radius 1 is 1.00 bits per heavy atom. The lowest BCUT2D eigenvalue weighted by molar-refractivity contribution is -0.384. The standard InChI is InChI=1S/C19H24N4O6S/c24-17-13-19(7-1-2-8-19)18(25)22(17)14-20-9-11-21(12-10-20)30(28,29)16-5-3-15(4-6-16)23(26)27/h3-6H,1-2,7-14H2. The Bertz CT molecular complexity index is 963. The molecule has 1 spiro atoms. The van der Waals surface area contributed by atoms with Crippen LogP contribution >= 0.6 is 0 Å². The first-order chi connectivity index (χ1) is 14.2. The van der Waals surface area contributed by atoms with Crippen LogP contribution in [0.1, 0.15) is 32.1 Å². The summed E-state index contributed by atoms with van der Waals surface area (Å²) in [5, 5.41) is 10.8. The average Bonchev–Trinajstić information content (AvgIpc) is 3.29. The van der Waals surface area contributed by atoms with Crippen LogP contribution in [0, 0.1) is 15.5 Å². The predicted octanol–water partition coefficient (Wildman–Crippen LogP) is 1.18. The van der Waals surface area contributed by atoms with Gasteiger partial charge in [0.25, 0.3) is 5.69 Å². The Balaban J connectivity index is 1.37. The van der Waals surface area contributed by atoms with Gasteiger partial charge in [-0.05, 0) is 25.0 Å². The summed E-state index contributed by atoms with van der Waals surface area (Å²) in [6, 6.07) is 4.82. The molecule has 3 fully saturated rings. The molecule has 0 bridgehead atoms. The van der Waals surface area contributed by atoms with E-state index in [0.717, 1.165) is 25.7 Å². The minimum atomic E-state index is -3.76. The molecule has 1 aromatic carbocycles. The van der Waals surface area contributed by atoms with Gasteiger partial charge >= 0.3 is 0 Å². The molecule has 30 heavy (non-hydrogen) atoms. The SMILES string of the molecule is O=C1CC2(CCCC2)C(=O)N1CN1CCN(S(=O)(=O)c2ccc([N+](=O)[O-])cc2)CC1. The molecule has 0 aromatic heterocycles. The maximum atomic E-state index is 12.8. The lowest BCUT2D eigenvalue weighted by Crippen LogP contribution is -2.52. The van der Waals surface area contributed by atoms with E-state index in [0.29, 0.717) is 19.5 Å². The van der Waals surface area contributed by atoms with Gasteiger partial charge in [0.1, 0.15) is 0 Å². The van der Waals surface area contributed by atoms with Gasteiger partial charge in [-0.15, -0.1) is 0 Å². The third-order valence-corrected chi connectivity index (χ3v) is 8.32. The second-order valence-electron chi connectivity index (χ2n) is 8.21. The monoisotopic (exact) mass is 436 g/mol. The number of nitro benzene ring substituents is 1. The molecule has 2 aliphatic heterocycles. The van der Waals surface area contributed by atoms with Crippen LogP contribution < -0.4 is 0 Å². The number of hydrogen-bond donors (Lipinski definition) is 0. The van der Waals surface area contributed by atoms with E-state index in [1.807, 2.05) is 4.90 Å². The van der Waals surface area contributed by atoms with Crippen LogP contribution in [-0.2, 0) is 19.6 Å². The van der Waals surface area contributed by atoms with Crippen molar-refractivity contribution in [2.45, 2.75) is 37.0 Å². The Kier molecular flexibility index (Phi) is 5.37. The summed E-state index contributed by atoms with van der Waals surface area (Å²) < 4.78 is 27.0. The fourth-order valence-corrected chi connectivity index (χ4v) is 6.07. The molecule has 2 heterocycles. The lowest BCUT2D eigenvalue weighted by atomic mass is 9.85. The van der Waals surface area contributed by atoms with E-state index in [1.54, 1.807) is 0 Å². The topological polar surface area (TPSA) is 121 Å². The van der Waals surface area contributed by atoms with Crippen LogP contribution in [-0.4, -0.2) is 72.1 Å². The molecule has 2 amide bonds. The molecule has 1 aromatic rings. The minimum Gasteiger partial charge on any atom is -0.283 e. The zero-order valence-corrected chi connectivity index (χ0v) is 17.3. The van der Waals surface area contributed by atoms with Crippen molar-refractivity contribution >= 4 is 27.5 Å². The van der Waals surface area contributed by atoms with Crippen molar-refractivity contribution in [1.82, 2.24) is 14.1 Å². The molecule has 0 N–H and O–H groups in total. The van der Waals surface area contributed by atoms with Gasteiger partial charge < -0.3 is 0 Å². The number of non-ortho nitro benzene ring substituents is 1. The van der Waals surface area contributed by atoms with Gasteiger partial charge in [0, 0.05) is 44.7 Å². The van der Waals surface area contributed by atoms with E-state index < -0.39 is 20.4 Å². The highest BCUT2D eigenvalue weighted by molar-refractivity contribution is 7.89. The number of carbonyl (C=O) groups is 2. The molecule has 0 atom stereocenters. The molecule has 10 nitrogen and oxygen atoms in total. The Hall–Kier alpha value is -2.37. The third-order valence-electron chi connectivity index (χ3n) is 6.41. The summed E-state index contributed by atoms with van der Waals surface area (Å²) in [5.41, 5.74) is -0.670. The van der Waals surface area contributed by atoms with Crippen LogP contribution in [0.5, 0.6) is 0 Å². The summed E-state index contributed by atoms with van der Waals surface area (Å²) in [6.07, 6.45) is 3.79. The molecule has 162 valence electrons. The number of nitro groups is 1. The van der Waals surface area contributed by atoms with Gasteiger partial charge in [-0.25, -0.2) is 8.42 Å². The summed E-state index contributed by atoms with van der Waals surface area (Å²) in [4.78, 5) is 38.7. The zero-order valence-electron chi connectivity index (χ0n) is 16.5. The molecular weight excluding hydrogens is 412 g/mol. The number of hydrogen-bond acceptors (Lipinski definition) is 7. The van der Waals surface area contributed by atoms with Gasteiger partial charge in [0.05, 0.1) is 21.9 Å². The number of amides is 2. The van der Waals surface area contributed by atoms with Crippen LogP contribution in [0.4, 0.5) is 5.69 Å². The van der Waals surface area contributed by atoms with E-state index >= 15 is 0 Å². The van der Waals surface area contributed by atoms with E-state index in [9.17, 15) is 28.1 Å². The van der Waals surface area contributed by atoms with Crippen molar-refractivity contribution in [3.05, 3.63) is 34.4 Å². The third kappa shape index (κ3) is 3.61. The minimum absolute atomic E-state index is 0.00891. The van der Waals surface area contributed by atoms with Crippen molar-refractivity contribution in [2.75, 3.05) is 32.8 Å². The fourth-order valence-electron chi connectivity index (χ4n) is 4.65. The highest BCUT2D eigenvalue weighted by atomic mass is 32.2. The van der Waals surface area contributed by atoms with Gasteiger partial charge in [0.2, 0.25) is 21.8 Å². The largest absolute Gasteiger partial charge is 0.283 e. The first kappa shape index (κ1) is 20.9. The van der Waals surface area contributed by atoms with Gasteiger partial charge in [0.15, 0.2) is 0 Å². The molecule has 1 saturated carbocycles. The quantitative estimate of drug-likeness (QED) is 0.386. The van der Waals surface area contributed by atoms with Crippen molar-refractivity contribution in [2.24, 2.45) is 5.41 Å². The Morgan fingerprint density at radius 3 is 2.17 bits per heavy atom. The van der Waals surface area contributed by atoms with Crippen LogP contribution in [0.3, 0.4) is 0 Å². The Labute approximate surface area is 174 Å². The zero-order chi connectivity index (χ0) is 21.5. The first-order valence-corrected chi connectivity index (χ1v) is 11.5. The van der Waals surface area contributed by atoms with Crippen LogP contribution in [0.2, 0.25) is 0 Å². The smallest absolute Gasteiger partial charge is 0.269 e. The first-order valence-electron chi connectivity index (χ1n) is 10.0. The normalized spacial score (nSPS) is 22.9. The fraction of sp³-hybridized carbons (Fsp3) is 0.579. The number of likely N-dealkylation sites (tertiary alicyclic amines) is 1. The molecule has 11 heteroatoms. The number of benzene rings is 1. The average molecular weight is 436 g/mol. The van der Waals surface area contributed by atoms with Crippen molar-refractivity contribution in [3.8, 4) is 0 Å². The highest BCUT2D eigenvalue weighted by Crippen LogP contribution is 2.46. The lowest BCUT2D eigenvalue weighted by Gasteiger charge is -2.35. The summed E-state index contributed by atoms with van der Waals surface area (Å²) in [6.45, 7) is 1.44. The van der Waals surface area contributed by atoms with Crippen LogP contribution in [0.15, 0.2) is 29.2 Å². The molecule has 2 saturated heterocycles. The molecule has 4 rings (SSSR count). The van der Waals surface area contributed by atoms with Crippen molar-refractivity contribution in [3.63, 3.8) is 0 Å².